The Bertz CT molecular complexity index is 768. The first kappa shape index (κ1) is 19.3. The summed E-state index contributed by atoms with van der Waals surface area (Å²) in [6.45, 7) is 5.67. The summed E-state index contributed by atoms with van der Waals surface area (Å²) >= 11 is 0. The van der Waals surface area contributed by atoms with E-state index in [-0.39, 0.29) is 11.9 Å². The van der Waals surface area contributed by atoms with Crippen molar-refractivity contribution in [3.05, 3.63) is 65.5 Å². The van der Waals surface area contributed by atoms with Crippen LogP contribution in [0.25, 0.3) is 0 Å². The number of halogens is 1. The SMILES string of the molecule is CCNC(=NCc1cccc(C#N)c1)NCC(C)Oc1ccc(F)cc1. The highest BCUT2D eigenvalue weighted by Crippen LogP contribution is 2.12. The summed E-state index contributed by atoms with van der Waals surface area (Å²) in [4.78, 5) is 4.53. The van der Waals surface area contributed by atoms with Gasteiger partial charge in [0.25, 0.3) is 0 Å². The fourth-order valence-electron chi connectivity index (χ4n) is 2.28. The zero-order valence-corrected chi connectivity index (χ0v) is 15.0. The third-order valence-corrected chi connectivity index (χ3v) is 3.53. The first-order chi connectivity index (χ1) is 12.6. The first-order valence-corrected chi connectivity index (χ1v) is 8.54. The van der Waals surface area contributed by atoms with E-state index in [9.17, 15) is 4.39 Å². The minimum Gasteiger partial charge on any atom is -0.489 e. The second kappa shape index (κ2) is 10.0. The van der Waals surface area contributed by atoms with Crippen molar-refractivity contribution in [1.82, 2.24) is 10.6 Å². The van der Waals surface area contributed by atoms with Gasteiger partial charge in [0.15, 0.2) is 5.96 Å². The summed E-state index contributed by atoms with van der Waals surface area (Å²) in [6, 6.07) is 15.5. The lowest BCUT2D eigenvalue weighted by atomic mass is 10.1. The smallest absolute Gasteiger partial charge is 0.191 e. The molecule has 0 saturated heterocycles. The van der Waals surface area contributed by atoms with Gasteiger partial charge in [-0.15, -0.1) is 0 Å². The van der Waals surface area contributed by atoms with Crippen LogP contribution in [0.4, 0.5) is 4.39 Å². The van der Waals surface area contributed by atoms with Gasteiger partial charge in [-0.25, -0.2) is 9.38 Å². The average molecular weight is 354 g/mol. The lowest BCUT2D eigenvalue weighted by molar-refractivity contribution is 0.223. The van der Waals surface area contributed by atoms with Gasteiger partial charge in [-0.1, -0.05) is 12.1 Å². The van der Waals surface area contributed by atoms with Gasteiger partial charge >= 0.3 is 0 Å². The molecule has 0 aromatic heterocycles. The van der Waals surface area contributed by atoms with Crippen LogP contribution < -0.4 is 15.4 Å². The normalized spacial score (nSPS) is 12.2. The molecule has 0 spiro atoms. The second-order valence-corrected chi connectivity index (χ2v) is 5.77. The number of guanidine groups is 1. The Morgan fingerprint density at radius 2 is 2.00 bits per heavy atom. The zero-order valence-electron chi connectivity index (χ0n) is 15.0. The van der Waals surface area contributed by atoms with E-state index in [0.29, 0.717) is 30.4 Å². The van der Waals surface area contributed by atoms with Crippen LogP contribution in [0.3, 0.4) is 0 Å². The predicted octanol–water partition coefficient (Wildman–Crippen LogP) is 3.22. The molecule has 2 aromatic carbocycles. The Hall–Kier alpha value is -3.07. The van der Waals surface area contributed by atoms with Gasteiger partial charge in [-0.05, 0) is 55.8 Å². The number of ether oxygens (including phenoxy) is 1. The lowest BCUT2D eigenvalue weighted by Crippen LogP contribution is -2.41. The molecule has 6 heteroatoms. The highest BCUT2D eigenvalue weighted by molar-refractivity contribution is 5.79. The maximum absolute atomic E-state index is 12.9. The number of nitrogens with zero attached hydrogens (tertiary/aromatic N) is 2. The topological polar surface area (TPSA) is 69.4 Å². The number of aliphatic imine (C=N–C) groups is 1. The number of hydrogen-bond acceptors (Lipinski definition) is 3. The molecular formula is C20H23FN4O. The van der Waals surface area contributed by atoms with Crippen molar-refractivity contribution in [2.24, 2.45) is 4.99 Å². The molecule has 2 N–H and O–H groups in total. The monoisotopic (exact) mass is 354 g/mol. The maximum atomic E-state index is 12.9. The molecule has 0 heterocycles. The van der Waals surface area contributed by atoms with Crippen molar-refractivity contribution in [2.75, 3.05) is 13.1 Å². The average Bonchev–Trinajstić information content (AvgIpc) is 2.66. The van der Waals surface area contributed by atoms with Crippen LogP contribution in [0.2, 0.25) is 0 Å². The molecule has 136 valence electrons. The highest BCUT2D eigenvalue weighted by atomic mass is 19.1. The van der Waals surface area contributed by atoms with Gasteiger partial charge in [0.05, 0.1) is 24.7 Å². The number of rotatable bonds is 7. The van der Waals surface area contributed by atoms with E-state index < -0.39 is 0 Å². The molecule has 0 radical (unpaired) electrons. The first-order valence-electron chi connectivity index (χ1n) is 8.54. The second-order valence-electron chi connectivity index (χ2n) is 5.77. The molecule has 0 bridgehead atoms. The van der Waals surface area contributed by atoms with Gasteiger partial charge in [-0.2, -0.15) is 5.26 Å². The molecule has 0 aliphatic rings. The Kier molecular flexibility index (Phi) is 7.44. The van der Waals surface area contributed by atoms with Crippen LogP contribution in [-0.4, -0.2) is 25.2 Å². The number of benzene rings is 2. The standard InChI is InChI=1S/C20H23FN4O/c1-3-23-20(25-14-17-6-4-5-16(11-17)12-22)24-13-15(2)26-19-9-7-18(21)8-10-19/h4-11,15H,3,13-14H2,1-2H3,(H2,23,24,25). The Balaban J connectivity index is 1.89. The molecular weight excluding hydrogens is 331 g/mol. The van der Waals surface area contributed by atoms with E-state index in [1.54, 1.807) is 18.2 Å². The van der Waals surface area contributed by atoms with Crippen molar-refractivity contribution in [3.63, 3.8) is 0 Å². The van der Waals surface area contributed by atoms with Crippen molar-refractivity contribution in [3.8, 4) is 11.8 Å². The summed E-state index contributed by atoms with van der Waals surface area (Å²) in [6.07, 6.45) is -0.119. The number of hydrogen-bond donors (Lipinski definition) is 2. The van der Waals surface area contributed by atoms with Crippen LogP contribution in [0.5, 0.6) is 5.75 Å². The quantitative estimate of drug-likeness (QED) is 0.592. The molecule has 2 rings (SSSR count). The summed E-state index contributed by atoms with van der Waals surface area (Å²) in [5.41, 5.74) is 1.59. The minimum atomic E-state index is -0.287. The fraction of sp³-hybridized carbons (Fsp3) is 0.300. The van der Waals surface area contributed by atoms with Crippen LogP contribution >= 0.6 is 0 Å². The van der Waals surface area contributed by atoms with Gasteiger partial charge < -0.3 is 15.4 Å². The molecule has 0 aliphatic carbocycles. The largest absolute Gasteiger partial charge is 0.489 e. The molecule has 5 nitrogen and oxygen atoms in total. The summed E-state index contributed by atoms with van der Waals surface area (Å²) in [5.74, 6) is 1.01. The highest BCUT2D eigenvalue weighted by Gasteiger charge is 2.06. The molecule has 0 amide bonds. The predicted molar refractivity (Wildman–Crippen MR) is 100 cm³/mol. The number of nitrogens with one attached hydrogen (secondary N) is 2. The van der Waals surface area contributed by atoms with Crippen molar-refractivity contribution < 1.29 is 9.13 Å². The van der Waals surface area contributed by atoms with E-state index in [1.807, 2.05) is 32.0 Å². The molecule has 0 aliphatic heterocycles. The van der Waals surface area contributed by atoms with Gasteiger partial charge in [-0.3, -0.25) is 0 Å². The Labute approximate surface area is 153 Å². The third kappa shape index (κ3) is 6.44. The minimum absolute atomic E-state index is 0.119. The molecule has 0 saturated carbocycles. The molecule has 0 fully saturated rings. The van der Waals surface area contributed by atoms with Crippen molar-refractivity contribution in [1.29, 1.82) is 5.26 Å². The van der Waals surface area contributed by atoms with Crippen LogP contribution in [-0.2, 0) is 6.54 Å². The van der Waals surface area contributed by atoms with Gasteiger partial charge in [0, 0.05) is 6.54 Å². The van der Waals surface area contributed by atoms with E-state index in [4.69, 9.17) is 10.00 Å². The van der Waals surface area contributed by atoms with Crippen molar-refractivity contribution in [2.45, 2.75) is 26.5 Å². The third-order valence-electron chi connectivity index (χ3n) is 3.53. The van der Waals surface area contributed by atoms with Crippen LogP contribution in [0.15, 0.2) is 53.5 Å². The van der Waals surface area contributed by atoms with E-state index in [0.717, 1.165) is 12.1 Å². The Morgan fingerprint density at radius 1 is 1.23 bits per heavy atom. The fourth-order valence-corrected chi connectivity index (χ4v) is 2.28. The summed E-state index contributed by atoms with van der Waals surface area (Å²) in [5, 5.41) is 15.4. The maximum Gasteiger partial charge on any atom is 0.191 e. The van der Waals surface area contributed by atoms with Gasteiger partial charge in [0.2, 0.25) is 0 Å². The van der Waals surface area contributed by atoms with Crippen LogP contribution in [0, 0.1) is 17.1 Å². The van der Waals surface area contributed by atoms with E-state index in [1.165, 1.54) is 12.1 Å². The summed E-state index contributed by atoms with van der Waals surface area (Å²) < 4.78 is 18.7. The molecule has 1 atom stereocenters. The van der Waals surface area contributed by atoms with Gasteiger partial charge in [0.1, 0.15) is 17.7 Å². The van der Waals surface area contributed by atoms with E-state index >= 15 is 0 Å². The molecule has 2 aromatic rings. The molecule has 1 unspecified atom stereocenters. The molecule has 26 heavy (non-hydrogen) atoms. The van der Waals surface area contributed by atoms with E-state index in [2.05, 4.69) is 21.7 Å². The number of nitriles is 1. The zero-order chi connectivity index (χ0) is 18.8. The van der Waals surface area contributed by atoms with Crippen LogP contribution in [0.1, 0.15) is 25.0 Å². The Morgan fingerprint density at radius 3 is 2.69 bits per heavy atom. The summed E-state index contributed by atoms with van der Waals surface area (Å²) in [7, 11) is 0. The van der Waals surface area contributed by atoms with Crippen molar-refractivity contribution >= 4 is 5.96 Å². The lowest BCUT2D eigenvalue weighted by Gasteiger charge is -2.17.